The zero-order valence-corrected chi connectivity index (χ0v) is 12.3. The first kappa shape index (κ1) is 16.2. The summed E-state index contributed by atoms with van der Waals surface area (Å²) in [6, 6.07) is 8.70. The van der Waals surface area contributed by atoms with Gasteiger partial charge in [-0.2, -0.15) is 0 Å². The van der Waals surface area contributed by atoms with Gasteiger partial charge in [0.1, 0.15) is 0 Å². The molecule has 0 saturated heterocycles. The highest BCUT2D eigenvalue weighted by Crippen LogP contribution is 2.12. The third-order valence-electron chi connectivity index (χ3n) is 3.40. The molecule has 0 radical (unpaired) electrons. The van der Waals surface area contributed by atoms with Crippen molar-refractivity contribution in [2.75, 3.05) is 20.3 Å². The first-order chi connectivity index (χ1) is 9.06. The molecule has 1 atom stereocenters. The number of hydrogen-bond donors (Lipinski definition) is 2. The lowest BCUT2D eigenvalue weighted by molar-refractivity contribution is 0.115. The Bertz CT molecular complexity index is 348. The largest absolute Gasteiger partial charge is 0.396 e. The quantitative estimate of drug-likeness (QED) is 0.756. The lowest BCUT2D eigenvalue weighted by Gasteiger charge is -2.26. The second-order valence-corrected chi connectivity index (χ2v) is 5.68. The lowest BCUT2D eigenvalue weighted by Crippen LogP contribution is -2.35. The van der Waals surface area contributed by atoms with Crippen molar-refractivity contribution in [3.05, 3.63) is 35.4 Å². The molecular formula is C16H27NO2. The van der Waals surface area contributed by atoms with Gasteiger partial charge in [0.25, 0.3) is 0 Å². The van der Waals surface area contributed by atoms with Gasteiger partial charge in [0.05, 0.1) is 6.61 Å². The van der Waals surface area contributed by atoms with Crippen LogP contribution in [0.15, 0.2) is 24.3 Å². The van der Waals surface area contributed by atoms with Crippen molar-refractivity contribution in [3.63, 3.8) is 0 Å². The first-order valence-corrected chi connectivity index (χ1v) is 7.06. The first-order valence-electron chi connectivity index (χ1n) is 7.06. The molecule has 0 aliphatic heterocycles. The number of benzene rings is 1. The molecule has 0 fully saturated rings. The summed E-state index contributed by atoms with van der Waals surface area (Å²) in [5.41, 5.74) is 2.61. The predicted octanol–water partition coefficient (Wildman–Crippen LogP) is 2.06. The molecular weight excluding hydrogens is 238 g/mol. The number of rotatable bonds is 8. The van der Waals surface area contributed by atoms with Gasteiger partial charge >= 0.3 is 0 Å². The fraction of sp³-hybridized carbons (Fsp3) is 0.625. The average Bonchev–Trinajstić information content (AvgIpc) is 2.37. The molecule has 0 bridgehead atoms. The third-order valence-corrected chi connectivity index (χ3v) is 3.40. The normalized spacial score (nSPS) is 13.2. The van der Waals surface area contributed by atoms with Crippen molar-refractivity contribution in [2.24, 2.45) is 5.92 Å². The van der Waals surface area contributed by atoms with Crippen molar-refractivity contribution in [1.29, 1.82) is 0 Å². The maximum absolute atomic E-state index is 9.30. The smallest absolute Gasteiger partial charge is 0.0587 e. The van der Waals surface area contributed by atoms with Crippen molar-refractivity contribution in [1.82, 2.24) is 4.90 Å². The van der Waals surface area contributed by atoms with Crippen LogP contribution in [0.2, 0.25) is 0 Å². The second-order valence-electron chi connectivity index (χ2n) is 5.68. The van der Waals surface area contributed by atoms with Gasteiger partial charge in [-0.15, -0.1) is 0 Å². The van der Waals surface area contributed by atoms with Gasteiger partial charge in [-0.3, -0.25) is 4.90 Å². The van der Waals surface area contributed by atoms with Crippen molar-refractivity contribution >= 4 is 0 Å². The van der Waals surface area contributed by atoms with Crippen LogP contribution in [0.1, 0.15) is 31.4 Å². The Hall–Kier alpha value is -0.900. The monoisotopic (exact) mass is 265 g/mol. The summed E-state index contributed by atoms with van der Waals surface area (Å²) >= 11 is 0. The summed E-state index contributed by atoms with van der Waals surface area (Å²) < 4.78 is 0. The standard InChI is InChI=1S/C16H27NO2/c1-13(2)10-14-4-6-15(7-5-14)11-17(3)16(12-19)8-9-18/h4-7,13,16,18-19H,8-12H2,1-3H3. The highest BCUT2D eigenvalue weighted by atomic mass is 16.3. The zero-order chi connectivity index (χ0) is 14.3. The summed E-state index contributed by atoms with van der Waals surface area (Å²) in [5.74, 6) is 0.678. The number of aliphatic hydroxyl groups is 2. The zero-order valence-electron chi connectivity index (χ0n) is 12.3. The Kier molecular flexibility index (Phi) is 7.06. The number of nitrogens with zero attached hydrogens (tertiary/aromatic N) is 1. The highest BCUT2D eigenvalue weighted by Gasteiger charge is 2.13. The van der Waals surface area contributed by atoms with Crippen LogP contribution in [0.3, 0.4) is 0 Å². The molecule has 0 saturated carbocycles. The summed E-state index contributed by atoms with van der Waals surface area (Å²) in [6.07, 6.45) is 1.72. The van der Waals surface area contributed by atoms with E-state index < -0.39 is 0 Å². The van der Waals surface area contributed by atoms with E-state index in [4.69, 9.17) is 5.11 Å². The summed E-state index contributed by atoms with van der Waals surface area (Å²) in [6.45, 7) is 5.45. The molecule has 1 aromatic carbocycles. The average molecular weight is 265 g/mol. The molecule has 0 heterocycles. The van der Waals surface area contributed by atoms with E-state index >= 15 is 0 Å². The van der Waals surface area contributed by atoms with E-state index in [1.165, 1.54) is 11.1 Å². The van der Waals surface area contributed by atoms with Crippen LogP contribution in [0.4, 0.5) is 0 Å². The molecule has 1 rings (SSSR count). The minimum atomic E-state index is 0.0281. The summed E-state index contributed by atoms with van der Waals surface area (Å²) in [5, 5.41) is 18.3. The summed E-state index contributed by atoms with van der Waals surface area (Å²) in [7, 11) is 1.98. The van der Waals surface area contributed by atoms with E-state index in [9.17, 15) is 5.11 Å². The fourth-order valence-electron chi connectivity index (χ4n) is 2.27. The van der Waals surface area contributed by atoms with Crippen LogP contribution in [-0.2, 0) is 13.0 Å². The molecule has 19 heavy (non-hydrogen) atoms. The van der Waals surface area contributed by atoms with E-state index in [2.05, 4.69) is 43.0 Å². The minimum absolute atomic E-state index is 0.0281. The Balaban J connectivity index is 2.56. The maximum Gasteiger partial charge on any atom is 0.0587 e. The molecule has 0 aliphatic carbocycles. The predicted molar refractivity (Wildman–Crippen MR) is 79.0 cm³/mol. The molecule has 0 amide bonds. The maximum atomic E-state index is 9.30. The van der Waals surface area contributed by atoms with Gasteiger partial charge in [-0.1, -0.05) is 38.1 Å². The topological polar surface area (TPSA) is 43.7 Å². The van der Waals surface area contributed by atoms with Crippen LogP contribution in [0.25, 0.3) is 0 Å². The third kappa shape index (κ3) is 5.72. The minimum Gasteiger partial charge on any atom is -0.396 e. The van der Waals surface area contributed by atoms with Gasteiger partial charge in [0.15, 0.2) is 0 Å². The van der Waals surface area contributed by atoms with Gasteiger partial charge in [-0.05, 0) is 36.9 Å². The van der Waals surface area contributed by atoms with Crippen LogP contribution >= 0.6 is 0 Å². The van der Waals surface area contributed by atoms with Crippen molar-refractivity contribution in [2.45, 2.75) is 39.3 Å². The van der Waals surface area contributed by atoms with E-state index in [1.54, 1.807) is 0 Å². The Morgan fingerprint density at radius 2 is 1.63 bits per heavy atom. The molecule has 3 heteroatoms. The lowest BCUT2D eigenvalue weighted by atomic mass is 10.0. The molecule has 1 unspecified atom stereocenters. The number of likely N-dealkylation sites (N-methyl/N-ethyl adjacent to an activating group) is 1. The highest BCUT2D eigenvalue weighted by molar-refractivity contribution is 5.22. The number of hydrogen-bond acceptors (Lipinski definition) is 3. The van der Waals surface area contributed by atoms with Crippen LogP contribution < -0.4 is 0 Å². The van der Waals surface area contributed by atoms with Crippen LogP contribution in [-0.4, -0.2) is 41.4 Å². The van der Waals surface area contributed by atoms with Crippen molar-refractivity contribution < 1.29 is 10.2 Å². The van der Waals surface area contributed by atoms with E-state index in [1.807, 2.05) is 7.05 Å². The van der Waals surface area contributed by atoms with Gasteiger partial charge in [0, 0.05) is 19.2 Å². The Morgan fingerprint density at radius 1 is 1.05 bits per heavy atom. The van der Waals surface area contributed by atoms with Crippen molar-refractivity contribution in [3.8, 4) is 0 Å². The van der Waals surface area contributed by atoms with Crippen LogP contribution in [0.5, 0.6) is 0 Å². The molecule has 0 aliphatic rings. The number of aliphatic hydroxyl groups excluding tert-OH is 2. The van der Waals surface area contributed by atoms with Crippen LogP contribution in [0, 0.1) is 5.92 Å². The molecule has 0 spiro atoms. The van der Waals surface area contributed by atoms with E-state index in [0.29, 0.717) is 12.3 Å². The molecule has 3 nitrogen and oxygen atoms in total. The molecule has 1 aromatic rings. The summed E-state index contributed by atoms with van der Waals surface area (Å²) in [4.78, 5) is 2.09. The second kappa shape index (κ2) is 8.31. The van der Waals surface area contributed by atoms with Gasteiger partial charge in [-0.25, -0.2) is 0 Å². The van der Waals surface area contributed by atoms with Gasteiger partial charge in [0.2, 0.25) is 0 Å². The van der Waals surface area contributed by atoms with Gasteiger partial charge < -0.3 is 10.2 Å². The molecule has 0 aromatic heterocycles. The van der Waals surface area contributed by atoms with E-state index in [0.717, 1.165) is 13.0 Å². The molecule has 2 N–H and O–H groups in total. The Morgan fingerprint density at radius 3 is 2.11 bits per heavy atom. The van der Waals surface area contributed by atoms with E-state index in [-0.39, 0.29) is 19.3 Å². The SMILES string of the molecule is CC(C)Cc1ccc(CN(C)C(CO)CCO)cc1. The molecule has 108 valence electrons. The Labute approximate surface area is 116 Å². The fourth-order valence-corrected chi connectivity index (χ4v) is 2.27.